The highest BCUT2D eigenvalue weighted by Gasteiger charge is 2.22. The Bertz CT molecular complexity index is 1010. The number of anilines is 1. The molecular weight excluding hydrogens is 378 g/mol. The second-order valence-corrected chi connectivity index (χ2v) is 7.75. The molecule has 0 aliphatic heterocycles. The summed E-state index contributed by atoms with van der Waals surface area (Å²) in [6, 6.07) is 7.53. The van der Waals surface area contributed by atoms with Gasteiger partial charge < -0.3 is 15.9 Å². The van der Waals surface area contributed by atoms with Crippen molar-refractivity contribution in [1.82, 2.24) is 24.7 Å². The van der Waals surface area contributed by atoms with Crippen LogP contribution in [0.25, 0.3) is 5.95 Å². The van der Waals surface area contributed by atoms with Gasteiger partial charge in [-0.1, -0.05) is 17.8 Å². The fourth-order valence-electron chi connectivity index (χ4n) is 2.69. The van der Waals surface area contributed by atoms with E-state index in [0.29, 0.717) is 22.5 Å². The number of nitrogens with one attached hydrogen (secondary N) is 1. The van der Waals surface area contributed by atoms with Gasteiger partial charge in [0.05, 0.1) is 23.7 Å². The molecule has 1 amide bonds. The van der Waals surface area contributed by atoms with Gasteiger partial charge in [-0.15, -0.1) is 10.2 Å². The minimum absolute atomic E-state index is 0.190. The van der Waals surface area contributed by atoms with Gasteiger partial charge in [0.2, 0.25) is 11.1 Å². The first kappa shape index (κ1) is 19.7. The van der Waals surface area contributed by atoms with Gasteiger partial charge in [-0.2, -0.15) is 5.10 Å². The molecule has 10 heteroatoms. The normalized spacial score (nSPS) is 12.0. The topological polar surface area (TPSA) is 113 Å². The number of aryl methyl sites for hydroxylation is 3. The molecule has 0 fully saturated rings. The smallest absolute Gasteiger partial charge is 0.271 e. The fourth-order valence-corrected chi connectivity index (χ4v) is 3.46. The summed E-state index contributed by atoms with van der Waals surface area (Å²) in [5.41, 5.74) is 3.39. The van der Waals surface area contributed by atoms with Crippen molar-refractivity contribution in [3.8, 4) is 11.7 Å². The monoisotopic (exact) mass is 401 g/mol. The third-order valence-electron chi connectivity index (χ3n) is 4.11. The van der Waals surface area contributed by atoms with Crippen LogP contribution in [0.2, 0.25) is 0 Å². The summed E-state index contributed by atoms with van der Waals surface area (Å²) in [6.07, 6.45) is 0. The Hall–Kier alpha value is -3.01. The molecule has 0 aliphatic rings. The standard InChI is InChI=1S/C18H23N7O2S/c1-10-6-7-15(27-5)14(8-10)20-16(26)13(4)28-18-22-21-17(24(18)19)25-12(3)9-11(2)23-25/h6-9,13H,19H2,1-5H3,(H,20,26)/t13-/m1/s1. The van der Waals surface area contributed by atoms with Gasteiger partial charge in [-0.25, -0.2) is 9.36 Å². The molecule has 3 aromatic rings. The van der Waals surface area contributed by atoms with Crippen LogP contribution < -0.4 is 15.9 Å². The number of carbonyl (C=O) groups excluding carboxylic acids is 1. The van der Waals surface area contributed by atoms with Crippen LogP contribution in [0.15, 0.2) is 29.4 Å². The Morgan fingerprint density at radius 2 is 2.00 bits per heavy atom. The number of ether oxygens (including phenoxy) is 1. The average molecular weight is 401 g/mol. The molecule has 0 spiro atoms. The number of methoxy groups -OCH3 is 1. The first-order valence-electron chi connectivity index (χ1n) is 8.66. The van der Waals surface area contributed by atoms with Gasteiger partial charge in [0, 0.05) is 5.69 Å². The van der Waals surface area contributed by atoms with E-state index >= 15 is 0 Å². The fraction of sp³-hybridized carbons (Fsp3) is 0.333. The third-order valence-corrected chi connectivity index (χ3v) is 5.17. The molecule has 2 heterocycles. The summed E-state index contributed by atoms with van der Waals surface area (Å²) in [5.74, 6) is 6.94. The number of rotatable bonds is 6. The van der Waals surface area contributed by atoms with Crippen LogP contribution in [0.3, 0.4) is 0 Å². The largest absolute Gasteiger partial charge is 0.495 e. The van der Waals surface area contributed by atoms with Crippen molar-refractivity contribution in [2.75, 3.05) is 18.3 Å². The van der Waals surface area contributed by atoms with Crippen LogP contribution in [-0.4, -0.2) is 42.9 Å². The molecule has 3 N–H and O–H groups in total. The number of thioether (sulfide) groups is 1. The summed E-state index contributed by atoms with van der Waals surface area (Å²) in [7, 11) is 1.57. The first-order chi connectivity index (χ1) is 13.3. The Morgan fingerprint density at radius 3 is 2.64 bits per heavy atom. The predicted molar refractivity (Wildman–Crippen MR) is 108 cm³/mol. The number of nitrogens with zero attached hydrogens (tertiary/aromatic N) is 5. The highest BCUT2D eigenvalue weighted by atomic mass is 32.2. The maximum atomic E-state index is 12.6. The second-order valence-electron chi connectivity index (χ2n) is 6.44. The number of carbonyl (C=O) groups is 1. The molecule has 0 saturated carbocycles. The number of benzene rings is 1. The van der Waals surface area contributed by atoms with Gasteiger partial charge in [-0.3, -0.25) is 4.79 Å². The molecular formula is C18H23N7O2S. The lowest BCUT2D eigenvalue weighted by atomic mass is 10.2. The quantitative estimate of drug-likeness (QED) is 0.481. The lowest BCUT2D eigenvalue weighted by molar-refractivity contribution is -0.115. The molecule has 0 bridgehead atoms. The van der Waals surface area contributed by atoms with E-state index in [1.54, 1.807) is 18.7 Å². The SMILES string of the molecule is COc1ccc(C)cc1NC(=O)[C@@H](C)Sc1nnc(-n2nc(C)cc2C)n1N. The zero-order valence-corrected chi connectivity index (χ0v) is 17.2. The Labute approximate surface area is 167 Å². The van der Waals surface area contributed by atoms with Gasteiger partial charge in [0.15, 0.2) is 0 Å². The molecule has 2 aromatic heterocycles. The Balaban J connectivity index is 1.75. The van der Waals surface area contributed by atoms with E-state index in [0.717, 1.165) is 17.0 Å². The highest BCUT2D eigenvalue weighted by Crippen LogP contribution is 2.28. The number of nitrogen functional groups attached to an aromatic ring is 1. The number of nitrogens with two attached hydrogens (primary N) is 1. The summed E-state index contributed by atoms with van der Waals surface area (Å²) < 4.78 is 8.26. The third kappa shape index (κ3) is 3.96. The molecule has 148 valence electrons. The minimum atomic E-state index is -0.454. The summed E-state index contributed by atoms with van der Waals surface area (Å²) in [4.78, 5) is 12.6. The predicted octanol–water partition coefficient (Wildman–Crippen LogP) is 2.23. The molecule has 1 aromatic carbocycles. The molecule has 0 unspecified atom stereocenters. The van der Waals surface area contributed by atoms with Crippen molar-refractivity contribution in [2.45, 2.75) is 38.1 Å². The Kier molecular flexibility index (Phi) is 5.59. The molecule has 0 aliphatic carbocycles. The summed E-state index contributed by atoms with van der Waals surface area (Å²) >= 11 is 1.21. The van der Waals surface area contributed by atoms with Crippen LogP contribution >= 0.6 is 11.8 Å². The van der Waals surface area contributed by atoms with E-state index in [2.05, 4.69) is 20.6 Å². The minimum Gasteiger partial charge on any atom is -0.495 e. The zero-order chi connectivity index (χ0) is 20.4. The van der Waals surface area contributed by atoms with Crippen molar-refractivity contribution in [3.63, 3.8) is 0 Å². The maximum absolute atomic E-state index is 12.6. The van der Waals surface area contributed by atoms with Crippen molar-refractivity contribution in [2.24, 2.45) is 0 Å². The van der Waals surface area contributed by atoms with Crippen LogP contribution in [-0.2, 0) is 4.79 Å². The van der Waals surface area contributed by atoms with Crippen molar-refractivity contribution in [1.29, 1.82) is 0 Å². The second kappa shape index (κ2) is 7.93. The van der Waals surface area contributed by atoms with E-state index in [-0.39, 0.29) is 5.91 Å². The van der Waals surface area contributed by atoms with Crippen LogP contribution in [0.5, 0.6) is 5.75 Å². The number of hydrogen-bond acceptors (Lipinski definition) is 7. The summed E-state index contributed by atoms with van der Waals surface area (Å²) in [6.45, 7) is 7.53. The molecule has 1 atom stereocenters. The summed E-state index contributed by atoms with van der Waals surface area (Å²) in [5, 5.41) is 15.4. The van der Waals surface area contributed by atoms with Gasteiger partial charge in [-0.05, 0) is 51.5 Å². The van der Waals surface area contributed by atoms with Crippen LogP contribution in [0.4, 0.5) is 5.69 Å². The average Bonchev–Trinajstić information content (AvgIpc) is 3.16. The number of hydrogen-bond donors (Lipinski definition) is 2. The maximum Gasteiger partial charge on any atom is 0.271 e. The zero-order valence-electron chi connectivity index (χ0n) is 16.4. The van der Waals surface area contributed by atoms with E-state index in [9.17, 15) is 4.79 Å². The number of amides is 1. The highest BCUT2D eigenvalue weighted by molar-refractivity contribution is 8.00. The van der Waals surface area contributed by atoms with Gasteiger partial charge in [0.25, 0.3) is 5.95 Å². The van der Waals surface area contributed by atoms with Crippen LogP contribution in [0.1, 0.15) is 23.9 Å². The van der Waals surface area contributed by atoms with E-state index in [1.165, 1.54) is 16.4 Å². The van der Waals surface area contributed by atoms with Crippen LogP contribution in [0, 0.1) is 20.8 Å². The molecule has 3 rings (SSSR count). The number of aromatic nitrogens is 5. The van der Waals surface area contributed by atoms with Crippen molar-refractivity contribution in [3.05, 3.63) is 41.2 Å². The molecule has 9 nitrogen and oxygen atoms in total. The Morgan fingerprint density at radius 1 is 1.25 bits per heavy atom. The molecule has 0 radical (unpaired) electrons. The van der Waals surface area contributed by atoms with Crippen molar-refractivity contribution >= 4 is 23.4 Å². The van der Waals surface area contributed by atoms with Crippen molar-refractivity contribution < 1.29 is 9.53 Å². The van der Waals surface area contributed by atoms with E-state index in [1.807, 2.05) is 45.0 Å². The molecule has 0 saturated heterocycles. The molecule has 28 heavy (non-hydrogen) atoms. The van der Waals surface area contributed by atoms with Gasteiger partial charge in [0.1, 0.15) is 5.75 Å². The van der Waals surface area contributed by atoms with E-state index < -0.39 is 5.25 Å². The van der Waals surface area contributed by atoms with Gasteiger partial charge >= 0.3 is 0 Å². The lowest BCUT2D eigenvalue weighted by Crippen LogP contribution is -2.24. The lowest BCUT2D eigenvalue weighted by Gasteiger charge is -2.14. The van der Waals surface area contributed by atoms with E-state index in [4.69, 9.17) is 10.6 Å². The first-order valence-corrected chi connectivity index (χ1v) is 9.54.